The van der Waals surface area contributed by atoms with Gasteiger partial charge in [-0.05, 0) is 49.1 Å². The average molecular weight is 285 g/mol. The highest BCUT2D eigenvalue weighted by atomic mass is 16.5. The molecule has 0 aromatic heterocycles. The van der Waals surface area contributed by atoms with Crippen LogP contribution >= 0.6 is 0 Å². The van der Waals surface area contributed by atoms with Crippen LogP contribution in [-0.2, 0) is 13.0 Å². The molecule has 112 valence electrons. The van der Waals surface area contributed by atoms with Crippen molar-refractivity contribution in [3.05, 3.63) is 53.1 Å². The Morgan fingerprint density at radius 3 is 2.67 bits per heavy atom. The quantitative estimate of drug-likeness (QED) is 0.832. The fourth-order valence-electron chi connectivity index (χ4n) is 2.41. The zero-order valence-electron chi connectivity index (χ0n) is 12.9. The fraction of sp³-hybridized carbons (Fsp3) is 0.333. The molecule has 2 N–H and O–H groups in total. The van der Waals surface area contributed by atoms with Gasteiger partial charge in [0.2, 0.25) is 0 Å². The molecule has 0 unspecified atom stereocenters. The van der Waals surface area contributed by atoms with Crippen LogP contribution in [0.3, 0.4) is 0 Å². The van der Waals surface area contributed by atoms with E-state index in [9.17, 15) is 5.11 Å². The molecule has 0 saturated carbocycles. The molecule has 2 aromatic carbocycles. The van der Waals surface area contributed by atoms with Crippen LogP contribution in [0.1, 0.15) is 30.5 Å². The van der Waals surface area contributed by atoms with Crippen LogP contribution in [0, 0.1) is 6.92 Å². The lowest BCUT2D eigenvalue weighted by Gasteiger charge is -2.15. The minimum Gasteiger partial charge on any atom is -0.504 e. The summed E-state index contributed by atoms with van der Waals surface area (Å²) < 4.78 is 5.42. The third kappa shape index (κ3) is 3.69. The van der Waals surface area contributed by atoms with Gasteiger partial charge >= 0.3 is 0 Å². The monoisotopic (exact) mass is 285 g/mol. The van der Waals surface area contributed by atoms with Gasteiger partial charge in [0.1, 0.15) is 0 Å². The second kappa shape index (κ2) is 7.02. The zero-order chi connectivity index (χ0) is 15.2. The molecule has 2 aromatic rings. The maximum Gasteiger partial charge on any atom is 0.161 e. The van der Waals surface area contributed by atoms with E-state index in [0.717, 1.165) is 12.0 Å². The number of nitrogens with one attached hydrogen (secondary N) is 1. The summed E-state index contributed by atoms with van der Waals surface area (Å²) in [4.78, 5) is 0. The number of phenols is 1. The Balaban J connectivity index is 2.15. The highest BCUT2D eigenvalue weighted by molar-refractivity contribution is 5.57. The number of phenolic OH excluding ortho intramolecular Hbond substituents is 1. The summed E-state index contributed by atoms with van der Waals surface area (Å²) in [5.41, 5.74) is 4.85. The van der Waals surface area contributed by atoms with Gasteiger partial charge in [-0.2, -0.15) is 0 Å². The van der Waals surface area contributed by atoms with Crippen molar-refractivity contribution >= 4 is 5.69 Å². The number of para-hydroxylation sites is 1. The van der Waals surface area contributed by atoms with Gasteiger partial charge in [-0.1, -0.05) is 31.2 Å². The number of aryl methyl sites for hydroxylation is 2. The van der Waals surface area contributed by atoms with E-state index in [2.05, 4.69) is 37.4 Å². The molecule has 0 atom stereocenters. The maximum atomic E-state index is 9.73. The van der Waals surface area contributed by atoms with Crippen molar-refractivity contribution in [2.45, 2.75) is 33.7 Å². The molecule has 3 nitrogen and oxygen atoms in total. The Morgan fingerprint density at radius 2 is 1.95 bits per heavy atom. The highest BCUT2D eigenvalue weighted by Gasteiger charge is 2.06. The molecule has 21 heavy (non-hydrogen) atoms. The Bertz CT molecular complexity index is 608. The van der Waals surface area contributed by atoms with E-state index >= 15 is 0 Å². The van der Waals surface area contributed by atoms with E-state index in [-0.39, 0.29) is 5.75 Å². The summed E-state index contributed by atoms with van der Waals surface area (Å²) >= 11 is 0. The summed E-state index contributed by atoms with van der Waals surface area (Å²) in [5.74, 6) is 0.725. The molecule has 0 radical (unpaired) electrons. The van der Waals surface area contributed by atoms with E-state index < -0.39 is 0 Å². The van der Waals surface area contributed by atoms with Crippen LogP contribution in [0.5, 0.6) is 11.5 Å². The Hall–Kier alpha value is -2.16. The molecule has 0 heterocycles. The van der Waals surface area contributed by atoms with Gasteiger partial charge in [0.05, 0.1) is 6.61 Å². The van der Waals surface area contributed by atoms with Crippen molar-refractivity contribution in [3.63, 3.8) is 0 Å². The molecule has 0 aliphatic carbocycles. The third-order valence-electron chi connectivity index (χ3n) is 3.53. The molecule has 0 fully saturated rings. The summed E-state index contributed by atoms with van der Waals surface area (Å²) in [7, 11) is 0. The van der Waals surface area contributed by atoms with Crippen LogP contribution in [0.4, 0.5) is 5.69 Å². The third-order valence-corrected chi connectivity index (χ3v) is 3.53. The largest absolute Gasteiger partial charge is 0.504 e. The van der Waals surface area contributed by atoms with Crippen molar-refractivity contribution in [1.29, 1.82) is 0 Å². The van der Waals surface area contributed by atoms with Gasteiger partial charge < -0.3 is 15.2 Å². The van der Waals surface area contributed by atoms with E-state index in [1.807, 2.05) is 19.1 Å². The van der Waals surface area contributed by atoms with Crippen LogP contribution in [0.25, 0.3) is 0 Å². The lowest BCUT2D eigenvalue weighted by atomic mass is 10.1. The molecule has 0 aliphatic heterocycles. The average Bonchev–Trinajstić information content (AvgIpc) is 2.49. The van der Waals surface area contributed by atoms with Gasteiger partial charge in [-0.15, -0.1) is 0 Å². The molecular formula is C18H23NO2. The van der Waals surface area contributed by atoms with Crippen LogP contribution in [-0.4, -0.2) is 11.7 Å². The fourth-order valence-corrected chi connectivity index (χ4v) is 2.41. The minimum absolute atomic E-state index is 0.186. The first-order chi connectivity index (χ1) is 10.2. The number of rotatable bonds is 6. The molecular weight excluding hydrogens is 262 g/mol. The Morgan fingerprint density at radius 1 is 1.14 bits per heavy atom. The van der Waals surface area contributed by atoms with Crippen molar-refractivity contribution < 1.29 is 9.84 Å². The van der Waals surface area contributed by atoms with E-state index in [1.165, 1.54) is 16.8 Å². The lowest BCUT2D eigenvalue weighted by Crippen LogP contribution is -2.04. The second-order valence-corrected chi connectivity index (χ2v) is 5.05. The first kappa shape index (κ1) is 15.2. The van der Waals surface area contributed by atoms with E-state index in [1.54, 1.807) is 6.07 Å². The smallest absolute Gasteiger partial charge is 0.161 e. The molecule has 3 heteroatoms. The van der Waals surface area contributed by atoms with Crippen molar-refractivity contribution in [2.24, 2.45) is 0 Å². The number of ether oxygens (including phenoxy) is 1. The van der Waals surface area contributed by atoms with Crippen LogP contribution in [0.2, 0.25) is 0 Å². The lowest BCUT2D eigenvalue weighted by molar-refractivity contribution is 0.318. The van der Waals surface area contributed by atoms with E-state index in [4.69, 9.17) is 4.74 Å². The Labute approximate surface area is 126 Å². The normalized spacial score (nSPS) is 10.4. The van der Waals surface area contributed by atoms with Gasteiger partial charge in [0.15, 0.2) is 11.5 Å². The van der Waals surface area contributed by atoms with Gasteiger partial charge in [0.25, 0.3) is 0 Å². The summed E-state index contributed by atoms with van der Waals surface area (Å²) in [6.07, 6.45) is 1.00. The topological polar surface area (TPSA) is 41.5 Å². The predicted molar refractivity (Wildman–Crippen MR) is 87.2 cm³/mol. The predicted octanol–water partition coefficient (Wildman–Crippen LogP) is 4.27. The number of anilines is 1. The molecule has 0 amide bonds. The molecule has 2 rings (SSSR count). The van der Waals surface area contributed by atoms with Crippen molar-refractivity contribution in [3.8, 4) is 11.5 Å². The van der Waals surface area contributed by atoms with Crippen LogP contribution < -0.4 is 10.1 Å². The highest BCUT2D eigenvalue weighted by Crippen LogP contribution is 2.28. The summed E-state index contributed by atoms with van der Waals surface area (Å²) in [6.45, 7) is 7.43. The van der Waals surface area contributed by atoms with E-state index in [0.29, 0.717) is 18.9 Å². The summed E-state index contributed by atoms with van der Waals surface area (Å²) in [6, 6.07) is 11.8. The van der Waals surface area contributed by atoms with Gasteiger partial charge in [-0.25, -0.2) is 0 Å². The van der Waals surface area contributed by atoms with Crippen LogP contribution in [0.15, 0.2) is 36.4 Å². The van der Waals surface area contributed by atoms with Crippen molar-refractivity contribution in [2.75, 3.05) is 11.9 Å². The molecule has 0 bridgehead atoms. The maximum absolute atomic E-state index is 9.73. The minimum atomic E-state index is 0.186. The molecule has 0 saturated heterocycles. The number of aromatic hydroxyl groups is 1. The Kier molecular flexibility index (Phi) is 5.09. The zero-order valence-corrected chi connectivity index (χ0v) is 12.9. The molecule has 0 spiro atoms. The first-order valence-corrected chi connectivity index (χ1v) is 7.42. The van der Waals surface area contributed by atoms with Gasteiger partial charge in [-0.3, -0.25) is 0 Å². The summed E-state index contributed by atoms with van der Waals surface area (Å²) in [5, 5.41) is 13.2. The van der Waals surface area contributed by atoms with Crippen molar-refractivity contribution in [1.82, 2.24) is 0 Å². The standard InChI is InChI=1S/C18H23NO2/c1-4-15-8-6-7-13(3)18(15)19-12-14-9-10-16(20)17(11-14)21-5-2/h6-11,19-20H,4-5,12H2,1-3H3. The number of hydrogen-bond acceptors (Lipinski definition) is 3. The second-order valence-electron chi connectivity index (χ2n) is 5.05. The van der Waals surface area contributed by atoms with Gasteiger partial charge in [0, 0.05) is 12.2 Å². The number of benzene rings is 2. The number of hydrogen-bond donors (Lipinski definition) is 2. The molecule has 0 aliphatic rings. The first-order valence-electron chi connectivity index (χ1n) is 7.42. The SMILES string of the molecule is CCOc1cc(CNc2c(C)cccc2CC)ccc1O.